The SMILES string of the molecule is O=C(C1C=Cc2cccc3cccc1c23)N1CCNCC1. The predicted molar refractivity (Wildman–Crippen MR) is 85.2 cm³/mol. The van der Waals surface area contributed by atoms with E-state index in [9.17, 15) is 4.79 Å². The number of piperazine rings is 1. The molecule has 1 aliphatic carbocycles. The van der Waals surface area contributed by atoms with Crippen LogP contribution in [-0.4, -0.2) is 37.0 Å². The van der Waals surface area contributed by atoms with Crippen molar-refractivity contribution in [3.8, 4) is 0 Å². The van der Waals surface area contributed by atoms with Crippen molar-refractivity contribution in [2.75, 3.05) is 26.2 Å². The molecule has 2 aliphatic rings. The van der Waals surface area contributed by atoms with Gasteiger partial charge < -0.3 is 10.2 Å². The summed E-state index contributed by atoms with van der Waals surface area (Å²) in [5, 5.41) is 5.74. The van der Waals surface area contributed by atoms with E-state index in [2.05, 4.69) is 53.9 Å². The fourth-order valence-electron chi connectivity index (χ4n) is 3.40. The molecule has 3 nitrogen and oxygen atoms in total. The van der Waals surface area contributed by atoms with E-state index in [1.54, 1.807) is 0 Å². The summed E-state index contributed by atoms with van der Waals surface area (Å²) >= 11 is 0. The Balaban J connectivity index is 1.77. The maximum atomic E-state index is 12.8. The van der Waals surface area contributed by atoms with Crippen molar-refractivity contribution in [2.24, 2.45) is 0 Å². The van der Waals surface area contributed by atoms with Crippen LogP contribution in [0.2, 0.25) is 0 Å². The molecule has 0 aromatic heterocycles. The highest BCUT2D eigenvalue weighted by atomic mass is 16.2. The highest BCUT2D eigenvalue weighted by Gasteiger charge is 2.28. The van der Waals surface area contributed by atoms with Crippen molar-refractivity contribution >= 4 is 22.8 Å². The molecule has 0 saturated carbocycles. The van der Waals surface area contributed by atoms with E-state index >= 15 is 0 Å². The molecular weight excluding hydrogens is 260 g/mol. The molecule has 1 atom stereocenters. The summed E-state index contributed by atoms with van der Waals surface area (Å²) in [4.78, 5) is 14.8. The molecule has 1 heterocycles. The Morgan fingerprint density at radius 1 is 1.10 bits per heavy atom. The molecule has 1 saturated heterocycles. The fourth-order valence-corrected chi connectivity index (χ4v) is 3.40. The second-order valence-electron chi connectivity index (χ2n) is 5.70. The molecule has 1 amide bonds. The zero-order valence-corrected chi connectivity index (χ0v) is 11.9. The molecule has 4 rings (SSSR count). The van der Waals surface area contributed by atoms with Gasteiger partial charge in [0.2, 0.25) is 5.91 Å². The smallest absolute Gasteiger partial charge is 0.234 e. The lowest BCUT2D eigenvalue weighted by Gasteiger charge is -2.31. The summed E-state index contributed by atoms with van der Waals surface area (Å²) in [6, 6.07) is 12.6. The Morgan fingerprint density at radius 2 is 1.86 bits per heavy atom. The summed E-state index contributed by atoms with van der Waals surface area (Å²) in [5.74, 6) is 0.0939. The minimum absolute atomic E-state index is 0.137. The number of hydrogen-bond acceptors (Lipinski definition) is 2. The Morgan fingerprint density at radius 3 is 2.67 bits per heavy atom. The van der Waals surface area contributed by atoms with Gasteiger partial charge in [-0.1, -0.05) is 48.6 Å². The molecule has 1 aliphatic heterocycles. The van der Waals surface area contributed by atoms with E-state index in [0.29, 0.717) is 0 Å². The molecule has 3 heteroatoms. The number of amides is 1. The van der Waals surface area contributed by atoms with Gasteiger partial charge in [0, 0.05) is 26.2 Å². The Kier molecular flexibility index (Phi) is 3.00. The van der Waals surface area contributed by atoms with E-state index in [1.165, 1.54) is 16.3 Å². The van der Waals surface area contributed by atoms with Crippen LogP contribution in [0.1, 0.15) is 17.0 Å². The Labute approximate surface area is 124 Å². The number of carbonyl (C=O) groups excluding carboxylic acids is 1. The third-order valence-electron chi connectivity index (χ3n) is 4.47. The number of hydrogen-bond donors (Lipinski definition) is 1. The van der Waals surface area contributed by atoms with Gasteiger partial charge in [0.1, 0.15) is 0 Å². The van der Waals surface area contributed by atoms with Crippen molar-refractivity contribution < 1.29 is 4.79 Å². The van der Waals surface area contributed by atoms with Crippen LogP contribution in [0.25, 0.3) is 16.8 Å². The second-order valence-corrected chi connectivity index (χ2v) is 5.70. The topological polar surface area (TPSA) is 32.3 Å². The van der Waals surface area contributed by atoms with Crippen LogP contribution in [0.4, 0.5) is 0 Å². The van der Waals surface area contributed by atoms with Gasteiger partial charge in [-0.25, -0.2) is 0 Å². The van der Waals surface area contributed by atoms with Gasteiger partial charge in [-0.05, 0) is 21.9 Å². The van der Waals surface area contributed by atoms with Crippen LogP contribution in [-0.2, 0) is 4.79 Å². The molecule has 21 heavy (non-hydrogen) atoms. The van der Waals surface area contributed by atoms with Gasteiger partial charge in [0.15, 0.2) is 0 Å². The van der Waals surface area contributed by atoms with Crippen molar-refractivity contribution in [3.63, 3.8) is 0 Å². The van der Waals surface area contributed by atoms with Gasteiger partial charge >= 0.3 is 0 Å². The standard InChI is InChI=1S/C18H18N2O/c21-18(20-11-9-19-10-12-20)16-8-7-14-4-1-3-13-5-2-6-15(16)17(13)14/h1-8,16,19H,9-12H2. The average Bonchev–Trinajstić information content (AvgIpc) is 2.56. The largest absolute Gasteiger partial charge is 0.339 e. The first-order valence-electron chi connectivity index (χ1n) is 7.54. The lowest BCUT2D eigenvalue weighted by molar-refractivity contribution is -0.132. The Hall–Kier alpha value is -2.13. The number of nitrogens with one attached hydrogen (secondary N) is 1. The zero-order chi connectivity index (χ0) is 14.2. The van der Waals surface area contributed by atoms with Crippen LogP contribution >= 0.6 is 0 Å². The highest BCUT2D eigenvalue weighted by Crippen LogP contribution is 2.35. The minimum atomic E-state index is -0.137. The first-order chi connectivity index (χ1) is 10.3. The van der Waals surface area contributed by atoms with Crippen molar-refractivity contribution in [1.82, 2.24) is 10.2 Å². The van der Waals surface area contributed by atoms with Crippen LogP contribution < -0.4 is 5.32 Å². The summed E-state index contributed by atoms with van der Waals surface area (Å²) < 4.78 is 0. The molecule has 1 unspecified atom stereocenters. The number of rotatable bonds is 1. The highest BCUT2D eigenvalue weighted by molar-refractivity contribution is 6.01. The third kappa shape index (κ3) is 2.05. The van der Waals surface area contributed by atoms with Crippen molar-refractivity contribution in [1.29, 1.82) is 0 Å². The second kappa shape index (κ2) is 5.01. The van der Waals surface area contributed by atoms with Crippen LogP contribution in [0.3, 0.4) is 0 Å². The fraction of sp³-hybridized carbons (Fsp3) is 0.278. The van der Waals surface area contributed by atoms with E-state index in [-0.39, 0.29) is 11.8 Å². The zero-order valence-electron chi connectivity index (χ0n) is 11.9. The lowest BCUT2D eigenvalue weighted by atomic mass is 9.85. The molecule has 0 bridgehead atoms. The predicted octanol–water partition coefficient (Wildman–Crippen LogP) is 2.38. The van der Waals surface area contributed by atoms with E-state index < -0.39 is 0 Å². The first kappa shape index (κ1) is 12.6. The maximum absolute atomic E-state index is 12.8. The minimum Gasteiger partial charge on any atom is -0.339 e. The first-order valence-corrected chi connectivity index (χ1v) is 7.54. The summed E-state index contributed by atoms with van der Waals surface area (Å²) in [5.41, 5.74) is 2.36. The number of benzene rings is 2. The van der Waals surface area contributed by atoms with Crippen LogP contribution in [0.15, 0.2) is 42.5 Å². The molecule has 0 radical (unpaired) electrons. The van der Waals surface area contributed by atoms with E-state index in [0.717, 1.165) is 31.7 Å². The van der Waals surface area contributed by atoms with E-state index in [1.807, 2.05) is 4.90 Å². The number of nitrogens with zero attached hydrogens (tertiary/aromatic N) is 1. The molecule has 1 fully saturated rings. The van der Waals surface area contributed by atoms with Gasteiger partial charge in [-0.2, -0.15) is 0 Å². The van der Waals surface area contributed by atoms with Crippen LogP contribution in [0.5, 0.6) is 0 Å². The molecule has 2 aromatic rings. The molecule has 2 aromatic carbocycles. The summed E-state index contributed by atoms with van der Waals surface area (Å²) in [6.45, 7) is 3.40. The van der Waals surface area contributed by atoms with Gasteiger partial charge in [0.05, 0.1) is 5.92 Å². The number of carbonyl (C=O) groups is 1. The quantitative estimate of drug-likeness (QED) is 0.868. The maximum Gasteiger partial charge on any atom is 0.234 e. The molecule has 0 spiro atoms. The monoisotopic (exact) mass is 278 g/mol. The summed E-state index contributed by atoms with van der Waals surface area (Å²) in [6.07, 6.45) is 4.15. The normalized spacial score (nSPS) is 20.8. The third-order valence-corrected chi connectivity index (χ3v) is 4.47. The van der Waals surface area contributed by atoms with E-state index in [4.69, 9.17) is 0 Å². The molecular formula is C18H18N2O. The van der Waals surface area contributed by atoms with Gasteiger partial charge in [0.25, 0.3) is 0 Å². The van der Waals surface area contributed by atoms with Gasteiger partial charge in [-0.15, -0.1) is 0 Å². The molecule has 106 valence electrons. The molecule has 1 N–H and O–H groups in total. The van der Waals surface area contributed by atoms with Crippen molar-refractivity contribution in [3.05, 3.63) is 53.6 Å². The Bertz CT molecular complexity index is 724. The van der Waals surface area contributed by atoms with Crippen LogP contribution in [0, 0.1) is 0 Å². The van der Waals surface area contributed by atoms with Gasteiger partial charge in [-0.3, -0.25) is 4.79 Å². The average molecular weight is 278 g/mol. The lowest BCUT2D eigenvalue weighted by Crippen LogP contribution is -2.47. The summed E-state index contributed by atoms with van der Waals surface area (Å²) in [7, 11) is 0. The van der Waals surface area contributed by atoms with Crippen molar-refractivity contribution in [2.45, 2.75) is 5.92 Å².